The Morgan fingerprint density at radius 1 is 1.20 bits per heavy atom. The van der Waals surface area contributed by atoms with Crippen molar-refractivity contribution in [2.75, 3.05) is 19.6 Å². The van der Waals surface area contributed by atoms with Crippen LogP contribution < -0.4 is 5.32 Å². The third-order valence-corrected chi connectivity index (χ3v) is 4.83. The van der Waals surface area contributed by atoms with Gasteiger partial charge in [-0.3, -0.25) is 4.90 Å². The Hall–Kier alpha value is -0.640. The molecule has 1 saturated carbocycles. The van der Waals surface area contributed by atoms with Gasteiger partial charge in [0.25, 0.3) is 0 Å². The van der Waals surface area contributed by atoms with Crippen molar-refractivity contribution in [2.45, 2.75) is 38.3 Å². The summed E-state index contributed by atoms with van der Waals surface area (Å²) in [7, 11) is 0. The summed E-state index contributed by atoms with van der Waals surface area (Å²) in [4.78, 5) is 2.38. The molecule has 0 unspecified atom stereocenters. The molecule has 0 radical (unpaired) electrons. The Bertz CT molecular complexity index is 454. The maximum Gasteiger partial charge on any atom is 0.142 e. The van der Waals surface area contributed by atoms with Gasteiger partial charge in [-0.25, -0.2) is 4.39 Å². The fourth-order valence-electron chi connectivity index (χ4n) is 2.88. The van der Waals surface area contributed by atoms with Crippen molar-refractivity contribution in [1.82, 2.24) is 10.2 Å². The van der Waals surface area contributed by atoms with Gasteiger partial charge in [0.05, 0.1) is 5.02 Å². The minimum atomic E-state index is -0.312. The summed E-state index contributed by atoms with van der Waals surface area (Å²) in [6.45, 7) is 4.10. The van der Waals surface area contributed by atoms with Crippen LogP contribution in [0.3, 0.4) is 0 Å². The van der Waals surface area contributed by atoms with E-state index in [1.165, 1.54) is 38.3 Å². The highest BCUT2D eigenvalue weighted by molar-refractivity contribution is 6.31. The second-order valence-electron chi connectivity index (χ2n) is 6.11. The topological polar surface area (TPSA) is 15.3 Å². The van der Waals surface area contributed by atoms with Gasteiger partial charge in [-0.2, -0.15) is 0 Å². The number of halogens is 2. The van der Waals surface area contributed by atoms with Crippen LogP contribution in [0.5, 0.6) is 0 Å². The third kappa shape index (κ3) is 3.72. The fourth-order valence-corrected chi connectivity index (χ4v) is 3.07. The number of benzene rings is 1. The summed E-state index contributed by atoms with van der Waals surface area (Å²) < 4.78 is 13.4. The van der Waals surface area contributed by atoms with E-state index in [9.17, 15) is 4.39 Å². The number of hydrogen-bond donors (Lipinski definition) is 1. The summed E-state index contributed by atoms with van der Waals surface area (Å²) in [6, 6.07) is 5.88. The van der Waals surface area contributed by atoms with Crippen molar-refractivity contribution < 1.29 is 4.39 Å². The van der Waals surface area contributed by atoms with Gasteiger partial charge in [-0.15, -0.1) is 0 Å². The van der Waals surface area contributed by atoms with Crippen molar-refractivity contribution in [3.05, 3.63) is 34.6 Å². The maximum absolute atomic E-state index is 13.4. The predicted molar refractivity (Wildman–Crippen MR) is 80.4 cm³/mol. The van der Waals surface area contributed by atoms with Crippen LogP contribution in [-0.2, 0) is 6.54 Å². The minimum absolute atomic E-state index is 0.282. The van der Waals surface area contributed by atoms with Gasteiger partial charge >= 0.3 is 0 Å². The standard InChI is InChI=1S/C16H22ClFN2/c17-16-13(2-1-3-15(16)18)11-20-8-6-12(7-9-20)10-19-14-4-5-14/h1-3,12,14,19H,4-11H2. The van der Waals surface area contributed by atoms with Crippen molar-refractivity contribution in [3.63, 3.8) is 0 Å². The van der Waals surface area contributed by atoms with Gasteiger partial charge in [0, 0.05) is 12.6 Å². The highest BCUT2D eigenvalue weighted by atomic mass is 35.5. The Balaban J connectivity index is 1.46. The van der Waals surface area contributed by atoms with Gasteiger partial charge in [-0.1, -0.05) is 23.7 Å². The van der Waals surface area contributed by atoms with E-state index < -0.39 is 0 Å². The molecule has 4 heteroatoms. The molecule has 2 nitrogen and oxygen atoms in total. The second kappa shape index (κ2) is 6.42. The van der Waals surface area contributed by atoms with Crippen LogP contribution in [0.15, 0.2) is 18.2 Å². The number of nitrogens with one attached hydrogen (secondary N) is 1. The molecular weight excluding hydrogens is 275 g/mol. The van der Waals surface area contributed by atoms with E-state index in [0.717, 1.165) is 37.2 Å². The van der Waals surface area contributed by atoms with E-state index >= 15 is 0 Å². The van der Waals surface area contributed by atoms with E-state index in [2.05, 4.69) is 10.2 Å². The third-order valence-electron chi connectivity index (χ3n) is 4.41. The molecule has 3 rings (SSSR count). The molecule has 1 saturated heterocycles. The van der Waals surface area contributed by atoms with Gasteiger partial charge in [0.2, 0.25) is 0 Å². The lowest BCUT2D eigenvalue weighted by Crippen LogP contribution is -2.37. The second-order valence-corrected chi connectivity index (χ2v) is 6.49. The van der Waals surface area contributed by atoms with E-state index in [1.807, 2.05) is 6.07 Å². The summed E-state index contributed by atoms with van der Waals surface area (Å²) in [6.07, 6.45) is 5.17. The van der Waals surface area contributed by atoms with Crippen LogP contribution in [0.2, 0.25) is 5.02 Å². The summed E-state index contributed by atoms with van der Waals surface area (Å²) in [5.41, 5.74) is 0.904. The fraction of sp³-hybridized carbons (Fsp3) is 0.625. The number of likely N-dealkylation sites (tertiary alicyclic amines) is 1. The molecule has 0 bridgehead atoms. The first-order chi connectivity index (χ1) is 9.72. The first-order valence-electron chi connectivity index (χ1n) is 7.61. The Morgan fingerprint density at radius 3 is 2.65 bits per heavy atom. The maximum atomic E-state index is 13.4. The van der Waals surface area contributed by atoms with Gasteiger partial charge in [0.15, 0.2) is 0 Å². The van der Waals surface area contributed by atoms with Crippen LogP contribution in [0.25, 0.3) is 0 Å². The van der Waals surface area contributed by atoms with Crippen molar-refractivity contribution >= 4 is 11.6 Å². The van der Waals surface area contributed by atoms with Crippen molar-refractivity contribution in [1.29, 1.82) is 0 Å². The zero-order chi connectivity index (χ0) is 13.9. The zero-order valence-electron chi connectivity index (χ0n) is 11.7. The molecule has 1 aliphatic heterocycles. The normalized spacial score (nSPS) is 21.3. The monoisotopic (exact) mass is 296 g/mol. The largest absolute Gasteiger partial charge is 0.314 e. The Labute approximate surface area is 125 Å². The Morgan fingerprint density at radius 2 is 1.95 bits per heavy atom. The van der Waals surface area contributed by atoms with Crippen LogP contribution in [-0.4, -0.2) is 30.6 Å². The number of piperidine rings is 1. The predicted octanol–water partition coefficient (Wildman–Crippen LogP) is 3.44. The molecule has 0 aromatic heterocycles. The summed E-state index contributed by atoms with van der Waals surface area (Å²) in [5.74, 6) is 0.488. The molecule has 1 N–H and O–H groups in total. The van der Waals surface area contributed by atoms with E-state index in [0.29, 0.717) is 0 Å². The number of hydrogen-bond acceptors (Lipinski definition) is 2. The van der Waals surface area contributed by atoms with Crippen molar-refractivity contribution in [2.24, 2.45) is 5.92 Å². The lowest BCUT2D eigenvalue weighted by atomic mass is 9.96. The Kier molecular flexibility index (Phi) is 4.59. The first kappa shape index (κ1) is 14.3. The van der Waals surface area contributed by atoms with Crippen LogP contribution in [0.4, 0.5) is 4.39 Å². The molecule has 2 fully saturated rings. The van der Waals surface area contributed by atoms with E-state index in [4.69, 9.17) is 11.6 Å². The molecule has 2 aliphatic rings. The molecule has 1 aromatic carbocycles. The first-order valence-corrected chi connectivity index (χ1v) is 7.99. The van der Waals surface area contributed by atoms with E-state index in [-0.39, 0.29) is 10.8 Å². The van der Waals surface area contributed by atoms with Crippen LogP contribution in [0.1, 0.15) is 31.2 Å². The molecular formula is C16H22ClFN2. The smallest absolute Gasteiger partial charge is 0.142 e. The molecule has 0 amide bonds. The van der Waals surface area contributed by atoms with Crippen LogP contribution in [0, 0.1) is 11.7 Å². The SMILES string of the molecule is Fc1cccc(CN2CCC(CNC3CC3)CC2)c1Cl. The minimum Gasteiger partial charge on any atom is -0.314 e. The summed E-state index contributed by atoms with van der Waals surface area (Å²) >= 11 is 6.02. The van der Waals surface area contributed by atoms with Crippen LogP contribution >= 0.6 is 11.6 Å². The highest BCUT2D eigenvalue weighted by Gasteiger charge is 2.24. The van der Waals surface area contributed by atoms with Gasteiger partial charge < -0.3 is 5.32 Å². The summed E-state index contributed by atoms with van der Waals surface area (Å²) in [5, 5.41) is 3.90. The number of rotatable bonds is 5. The van der Waals surface area contributed by atoms with E-state index in [1.54, 1.807) is 6.07 Å². The number of nitrogens with zero attached hydrogens (tertiary/aromatic N) is 1. The highest BCUT2D eigenvalue weighted by Crippen LogP contribution is 2.25. The molecule has 0 atom stereocenters. The molecule has 1 aromatic rings. The molecule has 0 spiro atoms. The van der Waals surface area contributed by atoms with Gasteiger partial charge in [-0.05, 0) is 62.9 Å². The lowest BCUT2D eigenvalue weighted by molar-refractivity contribution is 0.175. The molecule has 110 valence electrons. The zero-order valence-corrected chi connectivity index (χ0v) is 12.5. The average Bonchev–Trinajstić information content (AvgIpc) is 3.27. The quantitative estimate of drug-likeness (QED) is 0.895. The molecule has 20 heavy (non-hydrogen) atoms. The average molecular weight is 297 g/mol. The van der Waals surface area contributed by atoms with Crippen molar-refractivity contribution in [3.8, 4) is 0 Å². The molecule has 1 aliphatic carbocycles. The van der Waals surface area contributed by atoms with Gasteiger partial charge in [0.1, 0.15) is 5.82 Å². The molecule has 1 heterocycles. The lowest BCUT2D eigenvalue weighted by Gasteiger charge is -2.32.